The van der Waals surface area contributed by atoms with E-state index < -0.39 is 0 Å². The molecule has 0 bridgehead atoms. The highest BCUT2D eigenvalue weighted by atomic mass is 16.5. The van der Waals surface area contributed by atoms with E-state index in [1.165, 1.54) is 37.9 Å². The first kappa shape index (κ1) is 15.3. The summed E-state index contributed by atoms with van der Waals surface area (Å²) in [5.41, 5.74) is 1.37. The SMILES string of the molecule is CCCNC(CN1CCCC1)c1ccc(OCC)cc1. The third kappa shape index (κ3) is 4.50. The fourth-order valence-electron chi connectivity index (χ4n) is 2.79. The van der Waals surface area contributed by atoms with Gasteiger partial charge in [-0.2, -0.15) is 0 Å². The van der Waals surface area contributed by atoms with Crippen LogP contribution in [-0.2, 0) is 0 Å². The highest BCUT2D eigenvalue weighted by molar-refractivity contribution is 5.29. The van der Waals surface area contributed by atoms with Crippen molar-refractivity contribution in [2.24, 2.45) is 0 Å². The molecule has 1 N–H and O–H groups in total. The Hall–Kier alpha value is -1.06. The van der Waals surface area contributed by atoms with Crippen LogP contribution in [0, 0.1) is 0 Å². The van der Waals surface area contributed by atoms with Gasteiger partial charge in [-0.3, -0.25) is 0 Å². The molecule has 112 valence electrons. The summed E-state index contributed by atoms with van der Waals surface area (Å²) in [4.78, 5) is 2.57. The smallest absolute Gasteiger partial charge is 0.119 e. The molecule has 1 atom stereocenters. The van der Waals surface area contributed by atoms with E-state index in [2.05, 4.69) is 41.4 Å². The molecule has 1 unspecified atom stereocenters. The highest BCUT2D eigenvalue weighted by Gasteiger charge is 2.18. The number of rotatable bonds is 8. The highest BCUT2D eigenvalue weighted by Crippen LogP contribution is 2.20. The molecule has 3 nitrogen and oxygen atoms in total. The fraction of sp³-hybridized carbons (Fsp3) is 0.647. The minimum absolute atomic E-state index is 0.434. The van der Waals surface area contributed by atoms with Crippen LogP contribution in [0.25, 0.3) is 0 Å². The third-order valence-electron chi connectivity index (χ3n) is 3.87. The van der Waals surface area contributed by atoms with Crippen LogP contribution >= 0.6 is 0 Å². The molecule has 0 amide bonds. The maximum Gasteiger partial charge on any atom is 0.119 e. The Kier molecular flexibility index (Phi) is 6.34. The van der Waals surface area contributed by atoms with Crippen molar-refractivity contribution in [3.8, 4) is 5.75 Å². The van der Waals surface area contributed by atoms with E-state index in [0.717, 1.165) is 25.4 Å². The standard InChI is InChI=1S/C17H28N2O/c1-3-11-18-17(14-19-12-5-6-13-19)15-7-9-16(10-8-15)20-4-2/h7-10,17-18H,3-6,11-14H2,1-2H3. The van der Waals surface area contributed by atoms with Gasteiger partial charge in [-0.05, 0) is 63.5 Å². The number of benzene rings is 1. The number of hydrogen-bond donors (Lipinski definition) is 1. The van der Waals surface area contributed by atoms with Gasteiger partial charge in [-0.15, -0.1) is 0 Å². The Balaban J connectivity index is 1.99. The maximum atomic E-state index is 5.52. The molecule has 0 spiro atoms. The molecule has 1 aliphatic heterocycles. The molecule has 2 rings (SSSR count). The lowest BCUT2D eigenvalue weighted by atomic mass is 10.1. The number of nitrogens with one attached hydrogen (secondary N) is 1. The molecule has 1 aromatic carbocycles. The monoisotopic (exact) mass is 276 g/mol. The van der Waals surface area contributed by atoms with E-state index in [4.69, 9.17) is 4.74 Å². The van der Waals surface area contributed by atoms with E-state index in [9.17, 15) is 0 Å². The van der Waals surface area contributed by atoms with Crippen LogP contribution in [0.15, 0.2) is 24.3 Å². The molecule has 1 fully saturated rings. The Morgan fingerprint density at radius 2 is 1.85 bits per heavy atom. The van der Waals surface area contributed by atoms with Gasteiger partial charge in [-0.25, -0.2) is 0 Å². The van der Waals surface area contributed by atoms with Crippen molar-refractivity contribution in [3.05, 3.63) is 29.8 Å². The van der Waals surface area contributed by atoms with Gasteiger partial charge in [-0.1, -0.05) is 19.1 Å². The minimum atomic E-state index is 0.434. The largest absolute Gasteiger partial charge is 0.494 e. The van der Waals surface area contributed by atoms with E-state index in [1.807, 2.05) is 6.92 Å². The molecule has 3 heteroatoms. The van der Waals surface area contributed by atoms with Crippen LogP contribution in [0.3, 0.4) is 0 Å². The molecule has 1 aromatic rings. The molecule has 1 aliphatic rings. The molecule has 1 heterocycles. The second-order valence-electron chi connectivity index (χ2n) is 5.52. The average molecular weight is 276 g/mol. The number of nitrogens with zero attached hydrogens (tertiary/aromatic N) is 1. The molecular weight excluding hydrogens is 248 g/mol. The topological polar surface area (TPSA) is 24.5 Å². The first-order chi connectivity index (χ1) is 9.83. The quantitative estimate of drug-likeness (QED) is 0.789. The van der Waals surface area contributed by atoms with Gasteiger partial charge in [0.15, 0.2) is 0 Å². The lowest BCUT2D eigenvalue weighted by Gasteiger charge is -2.25. The van der Waals surface area contributed by atoms with E-state index in [0.29, 0.717) is 6.04 Å². The van der Waals surface area contributed by atoms with Crippen LogP contribution in [-0.4, -0.2) is 37.7 Å². The van der Waals surface area contributed by atoms with Crippen molar-refractivity contribution in [3.63, 3.8) is 0 Å². The van der Waals surface area contributed by atoms with E-state index in [-0.39, 0.29) is 0 Å². The van der Waals surface area contributed by atoms with Crippen molar-refractivity contribution >= 4 is 0 Å². The summed E-state index contributed by atoms with van der Waals surface area (Å²) in [5.74, 6) is 0.965. The predicted octanol–water partition coefficient (Wildman–Crippen LogP) is 3.22. The number of ether oxygens (including phenoxy) is 1. The maximum absolute atomic E-state index is 5.52. The minimum Gasteiger partial charge on any atom is -0.494 e. The van der Waals surface area contributed by atoms with Crippen LogP contribution in [0.5, 0.6) is 5.75 Å². The lowest BCUT2D eigenvalue weighted by molar-refractivity contribution is 0.292. The predicted molar refractivity (Wildman–Crippen MR) is 84.3 cm³/mol. The first-order valence-electron chi connectivity index (χ1n) is 8.02. The molecule has 0 radical (unpaired) electrons. The molecule has 0 saturated carbocycles. The zero-order valence-electron chi connectivity index (χ0n) is 12.9. The molecular formula is C17H28N2O. The Bertz CT molecular complexity index is 371. The van der Waals surface area contributed by atoms with Gasteiger partial charge >= 0.3 is 0 Å². The molecule has 1 saturated heterocycles. The molecule has 0 aliphatic carbocycles. The van der Waals surface area contributed by atoms with Crippen LogP contribution < -0.4 is 10.1 Å². The number of hydrogen-bond acceptors (Lipinski definition) is 3. The summed E-state index contributed by atoms with van der Waals surface area (Å²) in [6.07, 6.45) is 3.88. The van der Waals surface area contributed by atoms with Crippen molar-refractivity contribution in [1.29, 1.82) is 0 Å². The third-order valence-corrected chi connectivity index (χ3v) is 3.87. The lowest BCUT2D eigenvalue weighted by Crippen LogP contribution is -2.34. The van der Waals surface area contributed by atoms with E-state index in [1.54, 1.807) is 0 Å². The summed E-state index contributed by atoms with van der Waals surface area (Å²) < 4.78 is 5.52. The summed E-state index contributed by atoms with van der Waals surface area (Å²) in [7, 11) is 0. The number of likely N-dealkylation sites (tertiary alicyclic amines) is 1. The van der Waals surface area contributed by atoms with Crippen molar-refractivity contribution in [1.82, 2.24) is 10.2 Å². The van der Waals surface area contributed by atoms with Crippen molar-refractivity contribution in [2.75, 3.05) is 32.8 Å². The van der Waals surface area contributed by atoms with Gasteiger partial charge in [0.1, 0.15) is 5.75 Å². The van der Waals surface area contributed by atoms with Crippen LogP contribution in [0.2, 0.25) is 0 Å². The Morgan fingerprint density at radius 3 is 2.45 bits per heavy atom. The summed E-state index contributed by atoms with van der Waals surface area (Å²) in [5, 5.41) is 3.68. The Labute approximate surface area is 123 Å². The van der Waals surface area contributed by atoms with Gasteiger partial charge in [0.05, 0.1) is 6.61 Å². The van der Waals surface area contributed by atoms with Gasteiger partial charge in [0.2, 0.25) is 0 Å². The molecule has 0 aromatic heterocycles. The summed E-state index contributed by atoms with van der Waals surface area (Å²) in [6.45, 7) is 9.66. The second-order valence-corrected chi connectivity index (χ2v) is 5.52. The second kappa shape index (κ2) is 8.28. The Morgan fingerprint density at radius 1 is 1.15 bits per heavy atom. The van der Waals surface area contributed by atoms with Crippen molar-refractivity contribution in [2.45, 2.75) is 39.2 Å². The van der Waals surface area contributed by atoms with Gasteiger partial charge < -0.3 is 15.0 Å². The van der Waals surface area contributed by atoms with Gasteiger partial charge in [0.25, 0.3) is 0 Å². The van der Waals surface area contributed by atoms with Crippen LogP contribution in [0.1, 0.15) is 44.7 Å². The fourth-order valence-corrected chi connectivity index (χ4v) is 2.79. The zero-order chi connectivity index (χ0) is 14.2. The summed E-state index contributed by atoms with van der Waals surface area (Å²) in [6, 6.07) is 9.01. The molecule has 20 heavy (non-hydrogen) atoms. The average Bonchev–Trinajstić information content (AvgIpc) is 2.98. The summed E-state index contributed by atoms with van der Waals surface area (Å²) >= 11 is 0. The van der Waals surface area contributed by atoms with Gasteiger partial charge in [0, 0.05) is 12.6 Å². The normalized spacial score (nSPS) is 17.3. The van der Waals surface area contributed by atoms with Crippen LogP contribution in [0.4, 0.5) is 0 Å². The van der Waals surface area contributed by atoms with E-state index >= 15 is 0 Å². The zero-order valence-corrected chi connectivity index (χ0v) is 12.9. The van der Waals surface area contributed by atoms with Crippen molar-refractivity contribution < 1.29 is 4.74 Å². The first-order valence-corrected chi connectivity index (χ1v) is 8.02.